The zero-order valence-corrected chi connectivity index (χ0v) is 15.7. The smallest absolute Gasteiger partial charge is 0.230 e. The van der Waals surface area contributed by atoms with Gasteiger partial charge in [0.15, 0.2) is 0 Å². The van der Waals surface area contributed by atoms with Crippen LogP contribution in [0.15, 0.2) is 73.1 Å². The third-order valence-corrected chi connectivity index (χ3v) is 4.76. The van der Waals surface area contributed by atoms with E-state index in [1.165, 1.54) is 0 Å². The van der Waals surface area contributed by atoms with Crippen molar-refractivity contribution >= 4 is 39.0 Å². The van der Waals surface area contributed by atoms with Crippen molar-refractivity contribution in [1.29, 1.82) is 0 Å². The minimum atomic E-state index is 0.444. The van der Waals surface area contributed by atoms with Crippen molar-refractivity contribution in [3.05, 3.63) is 73.1 Å². The molecule has 0 unspecified atom stereocenters. The summed E-state index contributed by atoms with van der Waals surface area (Å²) >= 11 is 0. The van der Waals surface area contributed by atoms with Crippen LogP contribution in [0.3, 0.4) is 0 Å². The third kappa shape index (κ3) is 3.19. The lowest BCUT2D eigenvalue weighted by molar-refractivity contribution is 0.468. The maximum Gasteiger partial charge on any atom is 0.230 e. The van der Waals surface area contributed by atoms with Crippen LogP contribution in [0.4, 0.5) is 17.3 Å². The number of fused-ring (bicyclic) bond motifs is 2. The highest BCUT2D eigenvalue weighted by Gasteiger charge is 2.08. The Labute approximate surface area is 166 Å². The molecule has 0 radical (unpaired) electrons. The van der Waals surface area contributed by atoms with Crippen LogP contribution in [0, 0.1) is 0 Å². The van der Waals surface area contributed by atoms with Gasteiger partial charge in [0.1, 0.15) is 5.75 Å². The van der Waals surface area contributed by atoms with Crippen molar-refractivity contribution in [3.63, 3.8) is 0 Å². The molecule has 0 spiro atoms. The van der Waals surface area contributed by atoms with Crippen LogP contribution in [-0.2, 0) is 7.05 Å². The summed E-state index contributed by atoms with van der Waals surface area (Å²) in [7, 11) is 1.92. The number of hydrogen-bond donors (Lipinski definition) is 2. The first kappa shape index (κ1) is 17.0. The minimum Gasteiger partial charge on any atom is -0.438 e. The molecule has 0 aliphatic heterocycles. The number of nitrogen functional groups attached to an aromatic ring is 1. The molecule has 0 bridgehead atoms. The highest BCUT2D eigenvalue weighted by atomic mass is 16.5. The number of benzene rings is 3. The summed E-state index contributed by atoms with van der Waals surface area (Å²) in [6, 6.07) is 19.2. The van der Waals surface area contributed by atoms with Gasteiger partial charge in [-0.05, 0) is 30.3 Å². The zero-order chi connectivity index (χ0) is 19.8. The molecule has 0 saturated carbocycles. The van der Waals surface area contributed by atoms with E-state index in [1.807, 2.05) is 72.5 Å². The lowest BCUT2D eigenvalue weighted by atomic mass is 10.1. The van der Waals surface area contributed by atoms with E-state index in [0.29, 0.717) is 23.3 Å². The van der Waals surface area contributed by atoms with Crippen LogP contribution in [0.25, 0.3) is 21.7 Å². The van der Waals surface area contributed by atoms with E-state index in [4.69, 9.17) is 10.5 Å². The predicted molar refractivity (Wildman–Crippen MR) is 114 cm³/mol. The normalized spacial score (nSPS) is 11.1. The zero-order valence-electron chi connectivity index (χ0n) is 15.7. The van der Waals surface area contributed by atoms with Crippen LogP contribution >= 0.6 is 0 Å². The number of rotatable bonds is 4. The average molecular weight is 382 g/mol. The highest BCUT2D eigenvalue weighted by Crippen LogP contribution is 2.32. The average Bonchev–Trinajstić information content (AvgIpc) is 3.11. The van der Waals surface area contributed by atoms with Gasteiger partial charge in [-0.2, -0.15) is 10.1 Å². The molecule has 3 aromatic carbocycles. The largest absolute Gasteiger partial charge is 0.438 e. The third-order valence-electron chi connectivity index (χ3n) is 4.76. The fraction of sp³-hybridized carbons (Fsp3) is 0.0455. The minimum absolute atomic E-state index is 0.444. The van der Waals surface area contributed by atoms with Gasteiger partial charge in [0.05, 0.1) is 11.7 Å². The Balaban J connectivity index is 1.43. The van der Waals surface area contributed by atoms with E-state index in [0.717, 1.165) is 27.4 Å². The van der Waals surface area contributed by atoms with Crippen molar-refractivity contribution in [2.24, 2.45) is 7.05 Å². The van der Waals surface area contributed by atoms with E-state index >= 15 is 0 Å². The summed E-state index contributed by atoms with van der Waals surface area (Å²) < 4.78 is 7.87. The van der Waals surface area contributed by atoms with Gasteiger partial charge in [0, 0.05) is 46.8 Å². The SMILES string of the molecule is Cn1ncc2cc(Nc3nccc(Oc4ccc(N)c5ccccc45)n3)ccc21. The first-order valence-electron chi connectivity index (χ1n) is 9.14. The molecule has 2 aromatic heterocycles. The Morgan fingerprint density at radius 1 is 1.00 bits per heavy atom. The van der Waals surface area contributed by atoms with E-state index in [9.17, 15) is 0 Å². The fourth-order valence-corrected chi connectivity index (χ4v) is 3.33. The van der Waals surface area contributed by atoms with Crippen LogP contribution in [0.2, 0.25) is 0 Å². The molecule has 0 amide bonds. The summed E-state index contributed by atoms with van der Waals surface area (Å²) in [6.07, 6.45) is 3.49. The number of hydrogen-bond acceptors (Lipinski definition) is 6. The van der Waals surface area contributed by atoms with E-state index in [-0.39, 0.29) is 0 Å². The van der Waals surface area contributed by atoms with Gasteiger partial charge in [-0.15, -0.1) is 0 Å². The second-order valence-corrected chi connectivity index (χ2v) is 6.69. The van der Waals surface area contributed by atoms with Crippen molar-refractivity contribution in [2.75, 3.05) is 11.1 Å². The van der Waals surface area contributed by atoms with Gasteiger partial charge in [-0.25, -0.2) is 4.98 Å². The molecular weight excluding hydrogens is 364 g/mol. The Kier molecular flexibility index (Phi) is 3.98. The second kappa shape index (κ2) is 6.79. The van der Waals surface area contributed by atoms with Crippen LogP contribution < -0.4 is 15.8 Å². The standard InChI is InChI=1S/C22H18N6O/c1-28-19-8-6-15(12-14(19)13-25-28)26-22-24-11-10-21(27-22)29-20-9-7-18(23)16-4-2-3-5-17(16)20/h2-13H,23H2,1H3,(H,24,26,27). The molecule has 5 aromatic rings. The van der Waals surface area contributed by atoms with Crippen LogP contribution in [-0.4, -0.2) is 19.7 Å². The molecular formula is C22H18N6O. The number of aromatic nitrogens is 4. The molecule has 7 nitrogen and oxygen atoms in total. The number of nitrogens with two attached hydrogens (primary N) is 1. The molecule has 0 aliphatic rings. The Hall–Kier alpha value is -4.13. The topological polar surface area (TPSA) is 90.9 Å². The van der Waals surface area contributed by atoms with E-state index in [1.54, 1.807) is 12.3 Å². The van der Waals surface area contributed by atoms with Gasteiger partial charge in [0.2, 0.25) is 11.8 Å². The van der Waals surface area contributed by atoms with Crippen LogP contribution in [0.1, 0.15) is 0 Å². The number of anilines is 3. The van der Waals surface area contributed by atoms with Crippen molar-refractivity contribution in [1.82, 2.24) is 19.7 Å². The number of nitrogens with one attached hydrogen (secondary N) is 1. The second-order valence-electron chi connectivity index (χ2n) is 6.69. The molecule has 7 heteroatoms. The van der Waals surface area contributed by atoms with Gasteiger partial charge < -0.3 is 15.8 Å². The summed E-state index contributed by atoms with van der Waals surface area (Å²) in [5, 5.41) is 10.4. The summed E-state index contributed by atoms with van der Waals surface area (Å²) in [6.45, 7) is 0. The molecule has 0 fully saturated rings. The van der Waals surface area contributed by atoms with Crippen molar-refractivity contribution in [3.8, 4) is 11.6 Å². The summed E-state index contributed by atoms with van der Waals surface area (Å²) in [5.74, 6) is 1.58. The van der Waals surface area contributed by atoms with Crippen molar-refractivity contribution in [2.45, 2.75) is 0 Å². The molecule has 3 N–H and O–H groups in total. The molecule has 142 valence electrons. The maximum atomic E-state index is 6.07. The van der Waals surface area contributed by atoms with Crippen LogP contribution in [0.5, 0.6) is 11.6 Å². The predicted octanol–water partition coefficient (Wildman–Crippen LogP) is 4.63. The first-order valence-corrected chi connectivity index (χ1v) is 9.14. The Morgan fingerprint density at radius 3 is 2.76 bits per heavy atom. The lowest BCUT2D eigenvalue weighted by Gasteiger charge is -2.11. The molecule has 2 heterocycles. The van der Waals surface area contributed by atoms with E-state index in [2.05, 4.69) is 20.4 Å². The van der Waals surface area contributed by atoms with Gasteiger partial charge >= 0.3 is 0 Å². The van der Waals surface area contributed by atoms with E-state index < -0.39 is 0 Å². The fourth-order valence-electron chi connectivity index (χ4n) is 3.33. The molecule has 5 rings (SSSR count). The Morgan fingerprint density at radius 2 is 1.86 bits per heavy atom. The monoisotopic (exact) mass is 382 g/mol. The molecule has 0 saturated heterocycles. The van der Waals surface area contributed by atoms with Crippen molar-refractivity contribution < 1.29 is 4.74 Å². The lowest BCUT2D eigenvalue weighted by Crippen LogP contribution is -1.99. The maximum absolute atomic E-state index is 6.07. The quantitative estimate of drug-likeness (QED) is 0.440. The van der Waals surface area contributed by atoms with Gasteiger partial charge in [0.25, 0.3) is 0 Å². The first-order chi connectivity index (χ1) is 14.2. The number of ether oxygens (including phenoxy) is 1. The van der Waals surface area contributed by atoms with Gasteiger partial charge in [-0.1, -0.05) is 24.3 Å². The molecule has 0 atom stereocenters. The number of aryl methyl sites for hydroxylation is 1. The highest BCUT2D eigenvalue weighted by molar-refractivity contribution is 5.97. The summed E-state index contributed by atoms with van der Waals surface area (Å²) in [5.41, 5.74) is 8.72. The van der Waals surface area contributed by atoms with Gasteiger partial charge in [-0.3, -0.25) is 4.68 Å². The molecule has 0 aliphatic carbocycles. The Bertz CT molecular complexity index is 1340. The summed E-state index contributed by atoms with van der Waals surface area (Å²) in [4.78, 5) is 8.78. The molecule has 29 heavy (non-hydrogen) atoms. The number of nitrogens with zero attached hydrogens (tertiary/aromatic N) is 4.